The summed E-state index contributed by atoms with van der Waals surface area (Å²) in [6.07, 6.45) is 0. The molecule has 0 aromatic heterocycles. The minimum absolute atomic E-state index is 0.0349. The van der Waals surface area contributed by atoms with Crippen molar-refractivity contribution in [1.82, 2.24) is 10.6 Å². The van der Waals surface area contributed by atoms with E-state index in [1.165, 1.54) is 5.56 Å². The molecule has 1 aromatic rings. The Hall–Kier alpha value is -1.35. The predicted octanol–water partition coefficient (Wildman–Crippen LogP) is 2.17. The minimum atomic E-state index is 0.0349. The lowest BCUT2D eigenvalue weighted by Crippen LogP contribution is -2.37. The maximum absolute atomic E-state index is 11.6. The molecule has 0 bridgehead atoms. The van der Waals surface area contributed by atoms with E-state index in [0.29, 0.717) is 12.6 Å². The molecule has 17 heavy (non-hydrogen) atoms. The average molecular weight is 234 g/mol. The highest BCUT2D eigenvalue weighted by Gasteiger charge is 2.09. The van der Waals surface area contributed by atoms with Crippen LogP contribution in [0.3, 0.4) is 0 Å². The third-order valence-corrected chi connectivity index (χ3v) is 2.59. The molecular formula is C14H22N2O. The molecule has 0 aliphatic carbocycles. The Kier molecular flexibility index (Phi) is 5.16. The van der Waals surface area contributed by atoms with Gasteiger partial charge in [-0.25, -0.2) is 0 Å². The molecule has 3 heteroatoms. The summed E-state index contributed by atoms with van der Waals surface area (Å²) in [7, 11) is 0. The molecule has 0 spiro atoms. The van der Waals surface area contributed by atoms with E-state index in [4.69, 9.17) is 0 Å². The molecule has 1 amide bonds. The summed E-state index contributed by atoms with van der Waals surface area (Å²) in [5.41, 5.74) is 2.35. The lowest BCUT2D eigenvalue weighted by atomic mass is 10.1. The van der Waals surface area contributed by atoms with Gasteiger partial charge in [0, 0.05) is 6.04 Å². The fourth-order valence-corrected chi connectivity index (χ4v) is 1.61. The molecule has 0 aliphatic rings. The van der Waals surface area contributed by atoms with Crippen LogP contribution in [0.1, 0.15) is 37.9 Å². The number of benzene rings is 1. The molecule has 0 saturated heterocycles. The number of hydrogen-bond donors (Lipinski definition) is 2. The number of rotatable bonds is 5. The Balaban J connectivity index is 2.48. The van der Waals surface area contributed by atoms with Gasteiger partial charge in [0.15, 0.2) is 0 Å². The first-order valence-corrected chi connectivity index (χ1v) is 6.08. The maximum Gasteiger partial charge on any atom is 0.234 e. The minimum Gasteiger partial charge on any atom is -0.348 e. The largest absolute Gasteiger partial charge is 0.348 e. The van der Waals surface area contributed by atoms with E-state index in [2.05, 4.69) is 29.7 Å². The van der Waals surface area contributed by atoms with Gasteiger partial charge in [0.1, 0.15) is 0 Å². The molecular weight excluding hydrogens is 212 g/mol. The van der Waals surface area contributed by atoms with E-state index in [-0.39, 0.29) is 11.9 Å². The Labute approximate surface area is 104 Å². The SMILES string of the molecule is Cc1cccc([C@H](C)NC(=O)CNC(C)C)c1. The monoisotopic (exact) mass is 234 g/mol. The third kappa shape index (κ3) is 5.00. The van der Waals surface area contributed by atoms with E-state index in [1.54, 1.807) is 0 Å². The summed E-state index contributed by atoms with van der Waals surface area (Å²) in [4.78, 5) is 11.6. The molecule has 1 rings (SSSR count). The Morgan fingerprint density at radius 2 is 2.00 bits per heavy atom. The summed E-state index contributed by atoms with van der Waals surface area (Å²) in [6.45, 7) is 8.47. The van der Waals surface area contributed by atoms with Gasteiger partial charge in [-0.1, -0.05) is 43.7 Å². The van der Waals surface area contributed by atoms with Gasteiger partial charge in [0.25, 0.3) is 0 Å². The number of amides is 1. The molecule has 1 aromatic carbocycles. The number of nitrogens with one attached hydrogen (secondary N) is 2. The van der Waals surface area contributed by atoms with Crippen molar-refractivity contribution < 1.29 is 4.79 Å². The van der Waals surface area contributed by atoms with Gasteiger partial charge < -0.3 is 10.6 Å². The summed E-state index contributed by atoms with van der Waals surface area (Å²) in [6, 6.07) is 8.58. The first-order chi connectivity index (χ1) is 7.99. The lowest BCUT2D eigenvalue weighted by molar-refractivity contribution is -0.121. The number of carbonyl (C=O) groups is 1. The Morgan fingerprint density at radius 3 is 2.59 bits per heavy atom. The number of aryl methyl sites for hydroxylation is 1. The van der Waals surface area contributed by atoms with Crippen LogP contribution in [0.2, 0.25) is 0 Å². The zero-order valence-corrected chi connectivity index (χ0v) is 11.1. The third-order valence-electron chi connectivity index (χ3n) is 2.59. The highest BCUT2D eigenvalue weighted by molar-refractivity contribution is 5.78. The van der Waals surface area contributed by atoms with Gasteiger partial charge in [0.2, 0.25) is 5.91 Å². The summed E-state index contributed by atoms with van der Waals surface area (Å²) in [5.74, 6) is 0.0349. The summed E-state index contributed by atoms with van der Waals surface area (Å²) in [5, 5.41) is 6.08. The van der Waals surface area contributed by atoms with Gasteiger partial charge in [-0.2, -0.15) is 0 Å². The second-order valence-corrected chi connectivity index (χ2v) is 4.74. The predicted molar refractivity (Wildman–Crippen MR) is 70.9 cm³/mol. The molecule has 3 nitrogen and oxygen atoms in total. The highest BCUT2D eigenvalue weighted by atomic mass is 16.1. The topological polar surface area (TPSA) is 41.1 Å². The van der Waals surface area contributed by atoms with E-state index in [0.717, 1.165) is 5.56 Å². The molecule has 1 atom stereocenters. The first-order valence-electron chi connectivity index (χ1n) is 6.08. The quantitative estimate of drug-likeness (QED) is 0.820. The number of hydrogen-bond acceptors (Lipinski definition) is 2. The zero-order valence-electron chi connectivity index (χ0n) is 11.1. The average Bonchev–Trinajstić information content (AvgIpc) is 2.26. The molecule has 94 valence electrons. The highest BCUT2D eigenvalue weighted by Crippen LogP contribution is 2.13. The molecule has 0 aliphatic heterocycles. The van der Waals surface area contributed by atoms with E-state index in [1.807, 2.05) is 32.9 Å². The van der Waals surface area contributed by atoms with Crippen molar-refractivity contribution in [1.29, 1.82) is 0 Å². The second-order valence-electron chi connectivity index (χ2n) is 4.74. The maximum atomic E-state index is 11.6. The van der Waals surface area contributed by atoms with E-state index < -0.39 is 0 Å². The molecule has 2 N–H and O–H groups in total. The fourth-order valence-electron chi connectivity index (χ4n) is 1.61. The van der Waals surface area contributed by atoms with Crippen molar-refractivity contribution in [3.05, 3.63) is 35.4 Å². The second kappa shape index (κ2) is 6.40. The first kappa shape index (κ1) is 13.7. The van der Waals surface area contributed by atoms with Crippen LogP contribution in [-0.4, -0.2) is 18.5 Å². The van der Waals surface area contributed by atoms with Crippen LogP contribution in [0.4, 0.5) is 0 Å². The van der Waals surface area contributed by atoms with Gasteiger partial charge in [0.05, 0.1) is 12.6 Å². The lowest BCUT2D eigenvalue weighted by Gasteiger charge is -2.16. The van der Waals surface area contributed by atoms with Crippen molar-refractivity contribution in [2.24, 2.45) is 0 Å². The summed E-state index contributed by atoms with van der Waals surface area (Å²) >= 11 is 0. The van der Waals surface area contributed by atoms with Crippen molar-refractivity contribution in [3.63, 3.8) is 0 Å². The van der Waals surface area contributed by atoms with E-state index in [9.17, 15) is 4.79 Å². The molecule has 0 fully saturated rings. The van der Waals surface area contributed by atoms with Crippen LogP contribution in [0.15, 0.2) is 24.3 Å². The Morgan fingerprint density at radius 1 is 1.29 bits per heavy atom. The van der Waals surface area contributed by atoms with Crippen molar-refractivity contribution >= 4 is 5.91 Å². The Bertz CT molecular complexity index is 374. The van der Waals surface area contributed by atoms with Crippen LogP contribution in [-0.2, 0) is 4.79 Å². The molecule has 0 heterocycles. The van der Waals surface area contributed by atoms with Gasteiger partial charge in [-0.05, 0) is 19.4 Å². The number of carbonyl (C=O) groups excluding carboxylic acids is 1. The zero-order chi connectivity index (χ0) is 12.8. The van der Waals surface area contributed by atoms with Crippen LogP contribution in [0.5, 0.6) is 0 Å². The van der Waals surface area contributed by atoms with Gasteiger partial charge in [-0.3, -0.25) is 4.79 Å². The van der Waals surface area contributed by atoms with Crippen LogP contribution in [0, 0.1) is 6.92 Å². The molecule has 0 unspecified atom stereocenters. The summed E-state index contributed by atoms with van der Waals surface area (Å²) < 4.78 is 0. The van der Waals surface area contributed by atoms with Crippen LogP contribution < -0.4 is 10.6 Å². The van der Waals surface area contributed by atoms with E-state index >= 15 is 0 Å². The molecule has 0 radical (unpaired) electrons. The van der Waals surface area contributed by atoms with Crippen molar-refractivity contribution in [2.75, 3.05) is 6.54 Å². The normalized spacial score (nSPS) is 12.5. The van der Waals surface area contributed by atoms with Crippen LogP contribution >= 0.6 is 0 Å². The van der Waals surface area contributed by atoms with Crippen molar-refractivity contribution in [2.45, 2.75) is 39.8 Å². The standard InChI is InChI=1S/C14H22N2O/c1-10(2)15-9-14(17)16-12(4)13-7-5-6-11(3)8-13/h5-8,10,12,15H,9H2,1-4H3,(H,16,17)/t12-/m0/s1. The van der Waals surface area contributed by atoms with Gasteiger partial charge >= 0.3 is 0 Å². The van der Waals surface area contributed by atoms with Gasteiger partial charge in [-0.15, -0.1) is 0 Å². The van der Waals surface area contributed by atoms with Crippen molar-refractivity contribution in [3.8, 4) is 0 Å². The molecule has 0 saturated carbocycles. The fraction of sp³-hybridized carbons (Fsp3) is 0.500. The smallest absolute Gasteiger partial charge is 0.234 e. The van der Waals surface area contributed by atoms with Crippen LogP contribution in [0.25, 0.3) is 0 Å².